The lowest BCUT2D eigenvalue weighted by atomic mass is 10.1. The Labute approximate surface area is 95.3 Å². The zero-order valence-electron chi connectivity index (χ0n) is 9.68. The van der Waals surface area contributed by atoms with Gasteiger partial charge in [0.15, 0.2) is 6.29 Å². The third-order valence-electron chi connectivity index (χ3n) is 2.76. The van der Waals surface area contributed by atoms with Gasteiger partial charge in [0.2, 0.25) is 0 Å². The molecular formula is C13H16N2O. The summed E-state index contributed by atoms with van der Waals surface area (Å²) in [5, 5.41) is 1.04. The first-order valence-corrected chi connectivity index (χ1v) is 5.40. The maximum atomic E-state index is 10.9. The number of benzene rings is 1. The second-order valence-corrected chi connectivity index (χ2v) is 4.21. The van der Waals surface area contributed by atoms with Crippen LogP contribution < -0.4 is 0 Å². The second-order valence-electron chi connectivity index (χ2n) is 4.21. The molecular weight excluding hydrogens is 200 g/mol. The lowest BCUT2D eigenvalue weighted by Gasteiger charge is -2.11. The number of hydrogen-bond donors (Lipinski definition) is 0. The molecule has 0 N–H and O–H groups in total. The molecule has 2 rings (SSSR count). The molecule has 0 saturated carbocycles. The van der Waals surface area contributed by atoms with Crippen LogP contribution in [0.25, 0.3) is 10.9 Å². The second kappa shape index (κ2) is 4.49. The smallest absolute Gasteiger partial charge is 0.150 e. The van der Waals surface area contributed by atoms with Crippen LogP contribution in [0.15, 0.2) is 30.5 Å². The van der Waals surface area contributed by atoms with E-state index in [1.54, 1.807) is 0 Å². The molecule has 3 nitrogen and oxygen atoms in total. The van der Waals surface area contributed by atoms with Crippen molar-refractivity contribution < 1.29 is 4.79 Å². The predicted octanol–water partition coefficient (Wildman–Crippen LogP) is 2.02. The molecule has 3 heteroatoms. The van der Waals surface area contributed by atoms with Crippen LogP contribution in [0.2, 0.25) is 0 Å². The molecule has 1 heterocycles. The van der Waals surface area contributed by atoms with E-state index in [-0.39, 0.29) is 0 Å². The number of nitrogens with zero attached hydrogens (tertiary/aromatic N) is 2. The van der Waals surface area contributed by atoms with E-state index in [1.807, 2.05) is 24.4 Å². The molecule has 1 aromatic carbocycles. The molecule has 0 spiro atoms. The van der Waals surface area contributed by atoms with Crippen molar-refractivity contribution in [2.75, 3.05) is 20.6 Å². The molecule has 0 amide bonds. The highest BCUT2D eigenvalue weighted by atomic mass is 16.1. The Balaban J connectivity index is 2.37. The van der Waals surface area contributed by atoms with E-state index in [0.29, 0.717) is 0 Å². The molecule has 0 bridgehead atoms. The molecule has 1 aromatic heterocycles. The number of rotatable bonds is 4. The average molecular weight is 216 g/mol. The molecule has 0 aliphatic rings. The Bertz CT molecular complexity index is 500. The number of hydrogen-bond acceptors (Lipinski definition) is 2. The summed E-state index contributed by atoms with van der Waals surface area (Å²) in [6.45, 7) is 1.94. The summed E-state index contributed by atoms with van der Waals surface area (Å²) in [5.74, 6) is 0. The number of aldehydes is 1. The Hall–Kier alpha value is -1.61. The third kappa shape index (κ3) is 1.99. The van der Waals surface area contributed by atoms with E-state index < -0.39 is 0 Å². The maximum absolute atomic E-state index is 10.9. The van der Waals surface area contributed by atoms with Crippen LogP contribution in [0.5, 0.6) is 0 Å². The lowest BCUT2D eigenvalue weighted by molar-refractivity contribution is 0.112. The summed E-state index contributed by atoms with van der Waals surface area (Å²) in [6, 6.07) is 7.84. The number of fused-ring (bicyclic) bond motifs is 1. The molecule has 0 radical (unpaired) electrons. The molecule has 0 aliphatic carbocycles. The van der Waals surface area contributed by atoms with Crippen molar-refractivity contribution in [3.8, 4) is 0 Å². The van der Waals surface area contributed by atoms with Gasteiger partial charge in [-0.2, -0.15) is 0 Å². The van der Waals surface area contributed by atoms with Gasteiger partial charge in [0, 0.05) is 35.8 Å². The van der Waals surface area contributed by atoms with Gasteiger partial charge in [0.1, 0.15) is 0 Å². The van der Waals surface area contributed by atoms with Crippen LogP contribution in [0.4, 0.5) is 0 Å². The third-order valence-corrected chi connectivity index (χ3v) is 2.76. The van der Waals surface area contributed by atoms with E-state index in [4.69, 9.17) is 0 Å². The van der Waals surface area contributed by atoms with Crippen LogP contribution in [-0.2, 0) is 6.54 Å². The quantitative estimate of drug-likeness (QED) is 0.730. The summed E-state index contributed by atoms with van der Waals surface area (Å²) < 4.78 is 2.18. The summed E-state index contributed by atoms with van der Waals surface area (Å²) in [7, 11) is 4.12. The summed E-state index contributed by atoms with van der Waals surface area (Å²) in [5.41, 5.74) is 1.90. The van der Waals surface area contributed by atoms with Gasteiger partial charge in [0.05, 0.1) is 0 Å². The average Bonchev–Trinajstić information content (AvgIpc) is 2.69. The number of carbonyl (C=O) groups is 1. The first-order valence-electron chi connectivity index (χ1n) is 5.40. The van der Waals surface area contributed by atoms with Crippen molar-refractivity contribution in [1.29, 1.82) is 0 Å². The standard InChI is InChI=1S/C13H16N2O/c1-14(2)8-9-15-7-6-12-11(10-16)4-3-5-13(12)15/h3-7,10H,8-9H2,1-2H3. The van der Waals surface area contributed by atoms with Crippen molar-refractivity contribution in [2.45, 2.75) is 6.54 Å². The fraction of sp³-hybridized carbons (Fsp3) is 0.308. The van der Waals surface area contributed by atoms with E-state index in [2.05, 4.69) is 29.6 Å². The van der Waals surface area contributed by atoms with Crippen LogP contribution in [0.3, 0.4) is 0 Å². The van der Waals surface area contributed by atoms with Crippen molar-refractivity contribution in [1.82, 2.24) is 9.47 Å². The highest BCUT2D eigenvalue weighted by Gasteiger charge is 2.04. The number of aromatic nitrogens is 1. The molecule has 2 aromatic rings. The van der Waals surface area contributed by atoms with E-state index in [9.17, 15) is 4.79 Å². The molecule has 0 aliphatic heterocycles. The van der Waals surface area contributed by atoms with Gasteiger partial charge in [-0.05, 0) is 26.2 Å². The summed E-state index contributed by atoms with van der Waals surface area (Å²) in [4.78, 5) is 13.0. The van der Waals surface area contributed by atoms with Crippen molar-refractivity contribution in [3.63, 3.8) is 0 Å². The fourth-order valence-electron chi connectivity index (χ4n) is 1.85. The highest BCUT2D eigenvalue weighted by Crippen LogP contribution is 2.18. The zero-order chi connectivity index (χ0) is 11.5. The first-order chi connectivity index (χ1) is 7.72. The number of likely N-dealkylation sites (N-methyl/N-ethyl adjacent to an activating group) is 1. The monoisotopic (exact) mass is 216 g/mol. The van der Waals surface area contributed by atoms with Gasteiger partial charge in [-0.3, -0.25) is 4.79 Å². The van der Waals surface area contributed by atoms with E-state index in [0.717, 1.165) is 35.8 Å². The van der Waals surface area contributed by atoms with Gasteiger partial charge >= 0.3 is 0 Å². The van der Waals surface area contributed by atoms with Gasteiger partial charge in [-0.1, -0.05) is 12.1 Å². The van der Waals surface area contributed by atoms with Gasteiger partial charge in [-0.25, -0.2) is 0 Å². The Morgan fingerprint density at radius 2 is 2.12 bits per heavy atom. The normalized spacial score (nSPS) is 11.2. The summed E-state index contributed by atoms with van der Waals surface area (Å²) >= 11 is 0. The largest absolute Gasteiger partial charge is 0.346 e. The molecule has 0 unspecified atom stereocenters. The van der Waals surface area contributed by atoms with Gasteiger partial charge in [0.25, 0.3) is 0 Å². The van der Waals surface area contributed by atoms with E-state index in [1.165, 1.54) is 0 Å². The Morgan fingerprint density at radius 3 is 2.81 bits per heavy atom. The molecule has 0 fully saturated rings. The van der Waals surface area contributed by atoms with Crippen LogP contribution in [0.1, 0.15) is 10.4 Å². The van der Waals surface area contributed by atoms with E-state index >= 15 is 0 Å². The molecule has 0 saturated heterocycles. The lowest BCUT2D eigenvalue weighted by Crippen LogP contribution is -2.17. The topological polar surface area (TPSA) is 25.2 Å². The maximum Gasteiger partial charge on any atom is 0.150 e. The minimum absolute atomic E-state index is 0.765. The molecule has 16 heavy (non-hydrogen) atoms. The number of carbonyl (C=O) groups excluding carboxylic acids is 1. The van der Waals surface area contributed by atoms with Crippen LogP contribution >= 0.6 is 0 Å². The Morgan fingerprint density at radius 1 is 1.31 bits per heavy atom. The van der Waals surface area contributed by atoms with Crippen molar-refractivity contribution >= 4 is 17.2 Å². The highest BCUT2D eigenvalue weighted by molar-refractivity contribution is 5.97. The predicted molar refractivity (Wildman–Crippen MR) is 65.9 cm³/mol. The van der Waals surface area contributed by atoms with Crippen molar-refractivity contribution in [3.05, 3.63) is 36.0 Å². The zero-order valence-corrected chi connectivity index (χ0v) is 9.68. The van der Waals surface area contributed by atoms with Crippen molar-refractivity contribution in [2.24, 2.45) is 0 Å². The molecule has 0 atom stereocenters. The molecule has 84 valence electrons. The first kappa shape index (κ1) is 10.9. The van der Waals surface area contributed by atoms with Gasteiger partial charge < -0.3 is 9.47 Å². The van der Waals surface area contributed by atoms with Gasteiger partial charge in [-0.15, -0.1) is 0 Å². The summed E-state index contributed by atoms with van der Waals surface area (Å²) in [6.07, 6.45) is 2.96. The minimum Gasteiger partial charge on any atom is -0.346 e. The Kier molecular flexibility index (Phi) is 3.06. The van der Waals surface area contributed by atoms with Crippen LogP contribution in [-0.4, -0.2) is 36.4 Å². The SMILES string of the molecule is CN(C)CCn1ccc2c(C=O)cccc21. The minimum atomic E-state index is 0.765. The fourth-order valence-corrected chi connectivity index (χ4v) is 1.85. The van der Waals surface area contributed by atoms with Crippen LogP contribution in [0, 0.1) is 0 Å².